The van der Waals surface area contributed by atoms with Gasteiger partial charge in [-0.1, -0.05) is 65.0 Å². The van der Waals surface area contributed by atoms with Crippen molar-refractivity contribution >= 4 is 28.6 Å². The molecule has 0 saturated carbocycles. The molecule has 3 aliphatic heterocycles. The molecule has 1 unspecified atom stereocenters. The van der Waals surface area contributed by atoms with Gasteiger partial charge in [0.2, 0.25) is 13.6 Å². The van der Waals surface area contributed by atoms with Crippen molar-refractivity contribution in [2.45, 2.75) is 98.2 Å². The quantitative estimate of drug-likeness (QED) is 0.0755. The third-order valence-electron chi connectivity index (χ3n) is 12.0. The van der Waals surface area contributed by atoms with Gasteiger partial charge in [0.05, 0.1) is 32.0 Å². The molecule has 3 aliphatic rings. The molecule has 64 heavy (non-hydrogen) atoms. The number of carbonyl (C=O) groups is 1. The number of ether oxygens (including phenoxy) is 5. The summed E-state index contributed by atoms with van der Waals surface area (Å²) in [6, 6.07) is 19.7. The van der Waals surface area contributed by atoms with Crippen LogP contribution in [-0.2, 0) is 49.4 Å². The van der Waals surface area contributed by atoms with Gasteiger partial charge < -0.3 is 28.8 Å². The summed E-state index contributed by atoms with van der Waals surface area (Å²) < 4.78 is 29.3. The van der Waals surface area contributed by atoms with E-state index in [2.05, 4.69) is 113 Å². The van der Waals surface area contributed by atoms with Gasteiger partial charge in [-0.3, -0.25) is 19.6 Å². The summed E-state index contributed by atoms with van der Waals surface area (Å²) in [4.78, 5) is 31.2. The Morgan fingerprint density at radius 2 is 1.42 bits per heavy atom. The molecule has 1 fully saturated rings. The smallest absolute Gasteiger partial charge is 0.355 e. The topological polar surface area (TPSA) is 122 Å². The van der Waals surface area contributed by atoms with Gasteiger partial charge in [-0.05, 0) is 71.3 Å². The summed E-state index contributed by atoms with van der Waals surface area (Å²) in [5.74, 6) is 2.17. The Hall–Kier alpha value is -4.61. The van der Waals surface area contributed by atoms with Crippen LogP contribution in [0.5, 0.6) is 23.0 Å². The molecule has 2 aromatic heterocycles. The van der Waals surface area contributed by atoms with Crippen molar-refractivity contribution in [2.75, 3.05) is 59.5 Å². The van der Waals surface area contributed by atoms with Gasteiger partial charge in [-0.25, -0.2) is 14.8 Å². The van der Waals surface area contributed by atoms with Crippen LogP contribution in [0.4, 0.5) is 0 Å². The predicted octanol–water partition coefficient (Wildman–Crippen LogP) is 8.95. The highest BCUT2D eigenvalue weighted by Crippen LogP contribution is 2.43. The van der Waals surface area contributed by atoms with Crippen molar-refractivity contribution in [3.63, 3.8) is 0 Å². The molecule has 342 valence electrons. The van der Waals surface area contributed by atoms with Crippen molar-refractivity contribution in [1.29, 1.82) is 0 Å². The normalized spacial score (nSPS) is 15.5. The molecule has 5 heterocycles. The van der Waals surface area contributed by atoms with Crippen LogP contribution in [0.15, 0.2) is 65.4 Å². The third-order valence-corrected chi connectivity index (χ3v) is 13.7. The van der Waals surface area contributed by atoms with E-state index in [9.17, 15) is 9.90 Å². The number of fused-ring (bicyclic) bond motifs is 2. The molecule has 0 bridgehead atoms. The maximum absolute atomic E-state index is 11.7. The number of thiazole rings is 2. The Morgan fingerprint density at radius 3 is 2.17 bits per heavy atom. The van der Waals surface area contributed by atoms with Crippen molar-refractivity contribution in [3.05, 3.63) is 115 Å². The molecule has 0 amide bonds. The standard InChI is InChI=1S/C49H62N6O7S2/c1-6-14-55(27-38-30-63-45(50-38)29-54(24-34-8-11-37(12-9-34)49(3,4)5)25-35-10-13-42-43(22-35)60-32-59-42)41(7-2)39-21-36(23-44-47(39)62-33-61-44)26-53(16-15-52-17-19-58-20-18-52)28-46-51-40(31-64-46)48(56)57/h8-13,21-23,30-31,41H,6-7,14-20,24-29,32-33H2,1-5H3,(H,56,57). The molecule has 13 nitrogen and oxygen atoms in total. The maximum atomic E-state index is 11.7. The lowest BCUT2D eigenvalue weighted by Gasteiger charge is -2.32. The average Bonchev–Trinajstić information content (AvgIpc) is 4.12. The summed E-state index contributed by atoms with van der Waals surface area (Å²) in [5, 5.41) is 15.3. The van der Waals surface area contributed by atoms with Gasteiger partial charge in [-0.2, -0.15) is 0 Å². The summed E-state index contributed by atoms with van der Waals surface area (Å²) in [6.07, 6.45) is 1.87. The van der Waals surface area contributed by atoms with Gasteiger partial charge in [0, 0.05) is 74.7 Å². The minimum atomic E-state index is -1.00. The van der Waals surface area contributed by atoms with Gasteiger partial charge in [0.15, 0.2) is 28.7 Å². The lowest BCUT2D eigenvalue weighted by molar-refractivity contribution is 0.0325. The summed E-state index contributed by atoms with van der Waals surface area (Å²) in [5.41, 5.74) is 7.26. The number of aromatic carboxylic acids is 1. The van der Waals surface area contributed by atoms with E-state index < -0.39 is 5.97 Å². The maximum Gasteiger partial charge on any atom is 0.355 e. The van der Waals surface area contributed by atoms with E-state index in [-0.39, 0.29) is 30.7 Å². The largest absolute Gasteiger partial charge is 0.476 e. The van der Waals surface area contributed by atoms with Crippen LogP contribution in [0.2, 0.25) is 0 Å². The number of rotatable bonds is 21. The number of aromatic nitrogens is 2. The predicted molar refractivity (Wildman–Crippen MR) is 250 cm³/mol. The van der Waals surface area contributed by atoms with E-state index in [0.717, 1.165) is 122 Å². The highest BCUT2D eigenvalue weighted by Gasteiger charge is 2.29. The second-order valence-electron chi connectivity index (χ2n) is 17.9. The van der Waals surface area contributed by atoms with E-state index in [0.29, 0.717) is 26.2 Å². The fourth-order valence-electron chi connectivity index (χ4n) is 8.72. The number of carboxylic acid groups (broad SMARTS) is 1. The number of benzene rings is 3. The van der Waals surface area contributed by atoms with Crippen LogP contribution in [-0.4, -0.2) is 100 Å². The zero-order chi connectivity index (χ0) is 44.6. The fourth-order valence-corrected chi connectivity index (χ4v) is 10.4. The van der Waals surface area contributed by atoms with Gasteiger partial charge >= 0.3 is 5.97 Å². The lowest BCUT2D eigenvalue weighted by atomic mass is 9.87. The Morgan fingerprint density at radius 1 is 0.750 bits per heavy atom. The molecule has 0 spiro atoms. The Labute approximate surface area is 385 Å². The van der Waals surface area contributed by atoms with E-state index in [1.54, 1.807) is 16.7 Å². The molecular formula is C49H62N6O7S2. The second-order valence-corrected chi connectivity index (χ2v) is 19.8. The van der Waals surface area contributed by atoms with Crippen LogP contribution in [0.1, 0.15) is 108 Å². The molecule has 0 radical (unpaired) electrons. The molecule has 1 N–H and O–H groups in total. The van der Waals surface area contributed by atoms with E-state index in [1.807, 2.05) is 6.07 Å². The zero-order valence-electron chi connectivity index (χ0n) is 37.8. The highest BCUT2D eigenvalue weighted by molar-refractivity contribution is 7.10. The van der Waals surface area contributed by atoms with Crippen LogP contribution in [0, 0.1) is 0 Å². The van der Waals surface area contributed by atoms with Crippen molar-refractivity contribution in [3.8, 4) is 23.0 Å². The van der Waals surface area contributed by atoms with Crippen LogP contribution >= 0.6 is 22.7 Å². The summed E-state index contributed by atoms with van der Waals surface area (Å²) in [7, 11) is 0. The van der Waals surface area contributed by atoms with Gasteiger partial charge in [0.1, 0.15) is 10.0 Å². The number of carboxylic acids is 1. The molecule has 1 atom stereocenters. The second kappa shape index (κ2) is 21.1. The van der Waals surface area contributed by atoms with Crippen molar-refractivity contribution < 1.29 is 33.6 Å². The molecule has 5 aromatic rings. The number of hydrogen-bond donors (Lipinski definition) is 1. The minimum Gasteiger partial charge on any atom is -0.476 e. The minimum absolute atomic E-state index is 0.0676. The summed E-state index contributed by atoms with van der Waals surface area (Å²) in [6.45, 7) is 21.7. The zero-order valence-corrected chi connectivity index (χ0v) is 39.5. The first-order valence-corrected chi connectivity index (χ1v) is 24.3. The highest BCUT2D eigenvalue weighted by atomic mass is 32.1. The van der Waals surface area contributed by atoms with Crippen LogP contribution < -0.4 is 18.9 Å². The van der Waals surface area contributed by atoms with E-state index >= 15 is 0 Å². The first kappa shape index (κ1) is 45.9. The number of morpholine rings is 1. The molecule has 8 rings (SSSR count). The monoisotopic (exact) mass is 910 g/mol. The van der Waals surface area contributed by atoms with Crippen molar-refractivity contribution in [2.24, 2.45) is 0 Å². The SMILES string of the molecule is CCCN(Cc1csc(CN(Cc2ccc(C(C)(C)C)cc2)Cc2ccc3c(c2)OCO3)n1)C(CC)c1cc(CN(CCN2CCOCC2)Cc2nc(C(=O)O)cs2)cc2c1OCO2. The molecule has 3 aromatic carbocycles. The first-order valence-electron chi connectivity index (χ1n) is 22.5. The van der Waals surface area contributed by atoms with E-state index in [4.69, 9.17) is 28.7 Å². The van der Waals surface area contributed by atoms with Gasteiger partial charge in [0.25, 0.3) is 0 Å². The molecule has 15 heteroatoms. The number of hydrogen-bond acceptors (Lipinski definition) is 14. The lowest BCUT2D eigenvalue weighted by Crippen LogP contribution is -2.41. The fraction of sp³-hybridized carbons (Fsp3) is 0.490. The summed E-state index contributed by atoms with van der Waals surface area (Å²) >= 11 is 3.12. The average molecular weight is 911 g/mol. The molecule has 1 saturated heterocycles. The Balaban J connectivity index is 1.00. The molecular weight excluding hydrogens is 849 g/mol. The van der Waals surface area contributed by atoms with E-state index in [1.165, 1.54) is 28.0 Å². The van der Waals surface area contributed by atoms with Crippen LogP contribution in [0.3, 0.4) is 0 Å². The number of nitrogens with zero attached hydrogens (tertiary/aromatic N) is 6. The van der Waals surface area contributed by atoms with Crippen LogP contribution in [0.25, 0.3) is 0 Å². The van der Waals surface area contributed by atoms with Gasteiger partial charge in [-0.15, -0.1) is 22.7 Å². The van der Waals surface area contributed by atoms with Crippen molar-refractivity contribution in [1.82, 2.24) is 29.6 Å². The third kappa shape index (κ3) is 11.8. The molecule has 0 aliphatic carbocycles. The first-order chi connectivity index (χ1) is 31.0. The Kier molecular flexibility index (Phi) is 15.2. The Bertz CT molecular complexity index is 2320.